The van der Waals surface area contributed by atoms with Gasteiger partial charge >= 0.3 is 0 Å². The van der Waals surface area contributed by atoms with Crippen molar-refractivity contribution in [2.45, 2.75) is 25.4 Å². The van der Waals surface area contributed by atoms with Gasteiger partial charge in [0.25, 0.3) is 0 Å². The summed E-state index contributed by atoms with van der Waals surface area (Å²) in [4.78, 5) is 11.8. The Labute approximate surface area is 125 Å². The van der Waals surface area contributed by atoms with Gasteiger partial charge in [-0.15, -0.1) is 0 Å². The third kappa shape index (κ3) is 5.01. The van der Waals surface area contributed by atoms with Crippen LogP contribution in [0, 0.1) is 0 Å². The van der Waals surface area contributed by atoms with Crippen LogP contribution in [0.5, 0.6) is 0 Å². The van der Waals surface area contributed by atoms with Gasteiger partial charge in [-0.3, -0.25) is 4.79 Å². The van der Waals surface area contributed by atoms with Gasteiger partial charge in [-0.05, 0) is 30.9 Å². The molecule has 1 atom stereocenters. The first kappa shape index (κ1) is 15.2. The molecule has 0 saturated carbocycles. The number of rotatable bonds is 7. The smallest absolute Gasteiger partial charge is 0.185 e. The monoisotopic (exact) mass is 280 g/mol. The molecule has 2 rings (SSSR count). The fraction of sp³-hybridized carbons (Fsp3) is 0.211. The van der Waals surface area contributed by atoms with Gasteiger partial charge in [-0.1, -0.05) is 66.7 Å². The second-order valence-corrected chi connectivity index (χ2v) is 4.99. The maximum atomic E-state index is 11.8. The van der Waals surface area contributed by atoms with Gasteiger partial charge < -0.3 is 5.11 Å². The van der Waals surface area contributed by atoms with Crippen LogP contribution in [0.4, 0.5) is 0 Å². The van der Waals surface area contributed by atoms with E-state index in [4.69, 9.17) is 0 Å². The average Bonchev–Trinajstić information content (AvgIpc) is 2.55. The van der Waals surface area contributed by atoms with E-state index in [0.717, 1.165) is 18.4 Å². The van der Waals surface area contributed by atoms with Crippen LogP contribution in [0.15, 0.2) is 72.8 Å². The molecule has 0 aromatic heterocycles. The minimum Gasteiger partial charge on any atom is -0.388 e. The van der Waals surface area contributed by atoms with E-state index in [1.807, 2.05) is 66.7 Å². The van der Waals surface area contributed by atoms with E-state index in [1.165, 1.54) is 0 Å². The Balaban J connectivity index is 1.72. The molecule has 0 aliphatic rings. The molecule has 1 N–H and O–H groups in total. The van der Waals surface area contributed by atoms with Crippen LogP contribution in [0.25, 0.3) is 0 Å². The molecular formula is C19H20O2. The molecule has 0 fully saturated rings. The molecule has 21 heavy (non-hydrogen) atoms. The van der Waals surface area contributed by atoms with Crippen LogP contribution >= 0.6 is 0 Å². The highest BCUT2D eigenvalue weighted by molar-refractivity contribution is 6.04. The summed E-state index contributed by atoms with van der Waals surface area (Å²) in [6.45, 7) is 0. The van der Waals surface area contributed by atoms with Gasteiger partial charge in [0.2, 0.25) is 0 Å². The summed E-state index contributed by atoms with van der Waals surface area (Å²) >= 11 is 0. The first-order valence-electron chi connectivity index (χ1n) is 7.26. The summed E-state index contributed by atoms with van der Waals surface area (Å²) in [5, 5.41) is 10.0. The van der Waals surface area contributed by atoms with Crippen LogP contribution in [0.2, 0.25) is 0 Å². The summed E-state index contributed by atoms with van der Waals surface area (Å²) in [7, 11) is 0. The van der Waals surface area contributed by atoms with Crippen LogP contribution in [0.1, 0.15) is 41.3 Å². The van der Waals surface area contributed by atoms with E-state index >= 15 is 0 Å². The van der Waals surface area contributed by atoms with Crippen LogP contribution in [-0.2, 0) is 0 Å². The lowest BCUT2D eigenvalue weighted by Gasteiger charge is -2.09. The predicted octanol–water partition coefficient (Wildman–Crippen LogP) is 4.33. The van der Waals surface area contributed by atoms with E-state index < -0.39 is 6.10 Å². The SMILES string of the molecule is O=C(/C=C/CCCC(O)c1ccccc1)c1ccccc1. The van der Waals surface area contributed by atoms with Crippen LogP contribution in [-0.4, -0.2) is 10.9 Å². The lowest BCUT2D eigenvalue weighted by molar-refractivity contribution is 0.104. The van der Waals surface area contributed by atoms with Crippen molar-refractivity contribution in [2.75, 3.05) is 0 Å². The van der Waals surface area contributed by atoms with Gasteiger partial charge in [0.1, 0.15) is 0 Å². The summed E-state index contributed by atoms with van der Waals surface area (Å²) in [6.07, 6.45) is 5.42. The average molecular weight is 280 g/mol. The quantitative estimate of drug-likeness (QED) is 0.465. The van der Waals surface area contributed by atoms with E-state index in [0.29, 0.717) is 12.0 Å². The molecule has 0 bridgehead atoms. The van der Waals surface area contributed by atoms with Crippen molar-refractivity contribution in [3.8, 4) is 0 Å². The van der Waals surface area contributed by atoms with Gasteiger partial charge in [0.15, 0.2) is 5.78 Å². The second kappa shape index (κ2) is 8.18. The molecular weight excluding hydrogens is 260 g/mol. The number of hydrogen-bond acceptors (Lipinski definition) is 2. The molecule has 2 heteroatoms. The number of aliphatic hydroxyl groups is 1. The van der Waals surface area contributed by atoms with E-state index in [9.17, 15) is 9.90 Å². The van der Waals surface area contributed by atoms with Crippen LogP contribution in [0.3, 0.4) is 0 Å². The number of aliphatic hydroxyl groups excluding tert-OH is 1. The molecule has 0 heterocycles. The van der Waals surface area contributed by atoms with Crippen molar-refractivity contribution in [1.82, 2.24) is 0 Å². The molecule has 1 unspecified atom stereocenters. The standard InChI is InChI=1S/C19H20O2/c20-18(16-10-4-1-5-11-16)14-8-3-9-15-19(21)17-12-6-2-7-13-17/h1-2,4-8,10-14,19,21H,3,9,15H2/b14-8+. The van der Waals surface area contributed by atoms with E-state index in [2.05, 4.69) is 0 Å². The first-order chi connectivity index (χ1) is 10.3. The number of hydrogen-bond donors (Lipinski definition) is 1. The van der Waals surface area contributed by atoms with Crippen molar-refractivity contribution in [2.24, 2.45) is 0 Å². The number of allylic oxidation sites excluding steroid dienone is 2. The van der Waals surface area contributed by atoms with Gasteiger partial charge in [0, 0.05) is 5.56 Å². The molecule has 0 aliphatic heterocycles. The third-order valence-electron chi connectivity index (χ3n) is 3.36. The van der Waals surface area contributed by atoms with Crippen LogP contribution < -0.4 is 0 Å². The van der Waals surface area contributed by atoms with Crippen molar-refractivity contribution in [3.63, 3.8) is 0 Å². The van der Waals surface area contributed by atoms with Crippen molar-refractivity contribution in [3.05, 3.63) is 83.9 Å². The number of ketones is 1. The molecule has 2 aromatic carbocycles. The highest BCUT2D eigenvalue weighted by Crippen LogP contribution is 2.18. The maximum absolute atomic E-state index is 11.8. The Hall–Kier alpha value is -2.19. The lowest BCUT2D eigenvalue weighted by atomic mass is 10.0. The van der Waals surface area contributed by atoms with Crippen molar-refractivity contribution >= 4 is 5.78 Å². The Bertz CT molecular complexity index is 573. The molecule has 0 amide bonds. The Morgan fingerprint density at radius 1 is 1.00 bits per heavy atom. The highest BCUT2D eigenvalue weighted by Gasteiger charge is 2.05. The number of carbonyl (C=O) groups is 1. The van der Waals surface area contributed by atoms with Gasteiger partial charge in [-0.2, -0.15) is 0 Å². The molecule has 108 valence electrons. The highest BCUT2D eigenvalue weighted by atomic mass is 16.3. The second-order valence-electron chi connectivity index (χ2n) is 4.99. The number of benzene rings is 2. The number of unbranched alkanes of at least 4 members (excludes halogenated alkanes) is 1. The zero-order chi connectivity index (χ0) is 14.9. The van der Waals surface area contributed by atoms with Gasteiger partial charge in [-0.25, -0.2) is 0 Å². The Morgan fingerprint density at radius 3 is 2.29 bits per heavy atom. The predicted molar refractivity (Wildman–Crippen MR) is 85.2 cm³/mol. The molecule has 2 nitrogen and oxygen atoms in total. The fourth-order valence-corrected chi connectivity index (χ4v) is 2.16. The molecule has 2 aromatic rings. The Morgan fingerprint density at radius 2 is 1.62 bits per heavy atom. The topological polar surface area (TPSA) is 37.3 Å². The Kier molecular flexibility index (Phi) is 5.92. The summed E-state index contributed by atoms with van der Waals surface area (Å²) in [5.74, 6) is 0.0270. The fourth-order valence-electron chi connectivity index (χ4n) is 2.16. The zero-order valence-electron chi connectivity index (χ0n) is 12.0. The summed E-state index contributed by atoms with van der Waals surface area (Å²) in [6, 6.07) is 18.9. The normalized spacial score (nSPS) is 12.4. The molecule has 0 saturated heterocycles. The lowest BCUT2D eigenvalue weighted by Crippen LogP contribution is -1.96. The molecule has 0 spiro atoms. The summed E-state index contributed by atoms with van der Waals surface area (Å²) in [5.41, 5.74) is 1.65. The van der Waals surface area contributed by atoms with Gasteiger partial charge in [0.05, 0.1) is 6.10 Å². The van der Waals surface area contributed by atoms with Crippen molar-refractivity contribution < 1.29 is 9.90 Å². The minimum atomic E-state index is -0.426. The molecule has 0 radical (unpaired) electrons. The summed E-state index contributed by atoms with van der Waals surface area (Å²) < 4.78 is 0. The van der Waals surface area contributed by atoms with E-state index in [1.54, 1.807) is 6.08 Å². The van der Waals surface area contributed by atoms with Crippen molar-refractivity contribution in [1.29, 1.82) is 0 Å². The first-order valence-corrected chi connectivity index (χ1v) is 7.26. The van der Waals surface area contributed by atoms with E-state index in [-0.39, 0.29) is 5.78 Å². The maximum Gasteiger partial charge on any atom is 0.185 e. The third-order valence-corrected chi connectivity index (χ3v) is 3.36. The number of carbonyl (C=O) groups excluding carboxylic acids is 1. The largest absolute Gasteiger partial charge is 0.388 e. The molecule has 0 aliphatic carbocycles. The zero-order valence-corrected chi connectivity index (χ0v) is 12.0. The minimum absolute atomic E-state index is 0.0270.